The third-order valence-corrected chi connectivity index (χ3v) is 6.76. The molecular weight excluding hydrogens is 399 g/mol. The van der Waals surface area contributed by atoms with Crippen LogP contribution in [0.15, 0.2) is 21.5 Å². The number of hydrogen-bond donors (Lipinski definition) is 0. The van der Waals surface area contributed by atoms with E-state index in [0.717, 1.165) is 12.8 Å². The van der Waals surface area contributed by atoms with Gasteiger partial charge in [-0.05, 0) is 39.1 Å². The number of sulfonamides is 1. The van der Waals surface area contributed by atoms with Gasteiger partial charge in [0.2, 0.25) is 10.0 Å². The van der Waals surface area contributed by atoms with Gasteiger partial charge in [-0.15, -0.1) is 0 Å². The van der Waals surface area contributed by atoms with E-state index in [-0.39, 0.29) is 21.0 Å². The van der Waals surface area contributed by atoms with Crippen LogP contribution in [0.1, 0.15) is 12.8 Å². The van der Waals surface area contributed by atoms with E-state index in [0.29, 0.717) is 17.6 Å². The van der Waals surface area contributed by atoms with E-state index in [1.807, 2.05) is 19.0 Å². The Morgan fingerprint density at radius 3 is 2.43 bits per heavy atom. The van der Waals surface area contributed by atoms with Crippen LogP contribution in [0.3, 0.4) is 0 Å². The van der Waals surface area contributed by atoms with E-state index in [1.54, 1.807) is 12.1 Å². The van der Waals surface area contributed by atoms with E-state index in [4.69, 9.17) is 23.2 Å². The van der Waals surface area contributed by atoms with Crippen LogP contribution >= 0.6 is 39.1 Å². The Kier molecular flexibility index (Phi) is 5.60. The molecule has 1 heterocycles. The molecular formula is C13H17BrCl2N2O2S. The van der Waals surface area contributed by atoms with Crippen molar-refractivity contribution < 1.29 is 8.42 Å². The first-order valence-electron chi connectivity index (χ1n) is 6.54. The van der Waals surface area contributed by atoms with Gasteiger partial charge in [-0.2, -0.15) is 4.31 Å². The van der Waals surface area contributed by atoms with E-state index in [9.17, 15) is 8.42 Å². The maximum Gasteiger partial charge on any atom is 0.246 e. The predicted octanol–water partition coefficient (Wildman–Crippen LogP) is 3.47. The van der Waals surface area contributed by atoms with Gasteiger partial charge >= 0.3 is 0 Å². The molecule has 0 spiro atoms. The molecule has 0 N–H and O–H groups in total. The van der Waals surface area contributed by atoms with Crippen LogP contribution in [0.4, 0.5) is 0 Å². The minimum atomic E-state index is -3.69. The normalized spacial score (nSPS) is 20.4. The highest BCUT2D eigenvalue weighted by Gasteiger charge is 2.37. The van der Waals surface area contributed by atoms with Crippen molar-refractivity contribution in [2.24, 2.45) is 0 Å². The van der Waals surface area contributed by atoms with E-state index in [1.165, 1.54) is 4.31 Å². The fourth-order valence-electron chi connectivity index (χ4n) is 2.62. The zero-order valence-corrected chi connectivity index (χ0v) is 15.7. The fraction of sp³-hybridized carbons (Fsp3) is 0.538. The van der Waals surface area contributed by atoms with Crippen LogP contribution in [0.25, 0.3) is 0 Å². The molecule has 2 rings (SSSR count). The standard InChI is InChI=1S/C13H17BrCl2N2O2S/c1-17(2)8-10-4-3-5-18(10)21(19,20)13-11(15)6-9(14)7-12(13)16/h6-7,10H,3-5,8H2,1-2H3. The van der Waals surface area contributed by atoms with Gasteiger partial charge in [0, 0.05) is 23.6 Å². The van der Waals surface area contributed by atoms with Crippen LogP contribution in [0.5, 0.6) is 0 Å². The molecule has 4 nitrogen and oxygen atoms in total. The van der Waals surface area contributed by atoms with E-state index >= 15 is 0 Å². The molecule has 0 bridgehead atoms. The first kappa shape index (κ1) is 17.5. The highest BCUT2D eigenvalue weighted by molar-refractivity contribution is 9.10. The Bertz CT molecular complexity index is 614. The molecule has 1 aromatic rings. The highest BCUT2D eigenvalue weighted by Crippen LogP contribution is 2.37. The quantitative estimate of drug-likeness (QED) is 0.755. The minimum Gasteiger partial charge on any atom is -0.308 e. The summed E-state index contributed by atoms with van der Waals surface area (Å²) in [5.74, 6) is 0. The number of likely N-dealkylation sites (N-methyl/N-ethyl adjacent to an activating group) is 1. The van der Waals surface area contributed by atoms with Gasteiger partial charge in [0.25, 0.3) is 0 Å². The number of rotatable bonds is 4. The van der Waals surface area contributed by atoms with Crippen molar-refractivity contribution in [3.05, 3.63) is 26.7 Å². The lowest BCUT2D eigenvalue weighted by Crippen LogP contribution is -2.41. The van der Waals surface area contributed by atoms with Gasteiger partial charge in [-0.3, -0.25) is 0 Å². The highest BCUT2D eigenvalue weighted by atomic mass is 79.9. The van der Waals surface area contributed by atoms with E-state index < -0.39 is 10.0 Å². The van der Waals surface area contributed by atoms with Crippen LogP contribution in [-0.2, 0) is 10.0 Å². The van der Waals surface area contributed by atoms with Crippen molar-refractivity contribution in [3.63, 3.8) is 0 Å². The van der Waals surface area contributed by atoms with E-state index in [2.05, 4.69) is 15.9 Å². The van der Waals surface area contributed by atoms with Crippen molar-refractivity contribution in [3.8, 4) is 0 Å². The zero-order valence-electron chi connectivity index (χ0n) is 11.8. The lowest BCUT2D eigenvalue weighted by Gasteiger charge is -2.27. The molecule has 1 aliphatic rings. The molecule has 8 heteroatoms. The first-order valence-corrected chi connectivity index (χ1v) is 9.53. The van der Waals surface area contributed by atoms with Gasteiger partial charge in [0.1, 0.15) is 4.90 Å². The largest absolute Gasteiger partial charge is 0.308 e. The molecule has 1 aliphatic heterocycles. The Hall–Kier alpha value is 0.150. The topological polar surface area (TPSA) is 40.6 Å². The average Bonchev–Trinajstić information content (AvgIpc) is 2.74. The summed E-state index contributed by atoms with van der Waals surface area (Å²) in [6, 6.07) is 3.06. The van der Waals surface area contributed by atoms with Crippen molar-refractivity contribution >= 4 is 49.2 Å². The van der Waals surface area contributed by atoms with Crippen LogP contribution < -0.4 is 0 Å². The lowest BCUT2D eigenvalue weighted by molar-refractivity contribution is 0.291. The van der Waals surface area contributed by atoms with Gasteiger partial charge < -0.3 is 4.90 Å². The number of nitrogens with zero attached hydrogens (tertiary/aromatic N) is 2. The molecule has 118 valence electrons. The zero-order chi connectivity index (χ0) is 15.8. The number of benzene rings is 1. The van der Waals surface area contributed by atoms with Crippen molar-refractivity contribution in [1.82, 2.24) is 9.21 Å². The molecule has 1 unspecified atom stereocenters. The summed E-state index contributed by atoms with van der Waals surface area (Å²) in [5.41, 5.74) is 0. The van der Waals surface area contributed by atoms with Gasteiger partial charge in [0.05, 0.1) is 10.0 Å². The Labute approximate surface area is 144 Å². The molecule has 1 saturated heterocycles. The fourth-order valence-corrected chi connectivity index (χ4v) is 6.19. The van der Waals surface area contributed by atoms with Gasteiger partial charge in [-0.25, -0.2) is 8.42 Å². The Balaban J connectivity index is 2.43. The second kappa shape index (κ2) is 6.72. The molecule has 0 amide bonds. The van der Waals surface area contributed by atoms with Crippen molar-refractivity contribution in [2.45, 2.75) is 23.8 Å². The second-order valence-corrected chi connectivity index (χ2v) is 8.93. The van der Waals surface area contributed by atoms with Crippen LogP contribution in [-0.4, -0.2) is 50.8 Å². The third kappa shape index (κ3) is 3.74. The van der Waals surface area contributed by atoms with Gasteiger partial charge in [-0.1, -0.05) is 39.1 Å². The summed E-state index contributed by atoms with van der Waals surface area (Å²) in [6.45, 7) is 1.19. The van der Waals surface area contributed by atoms with Crippen molar-refractivity contribution in [2.75, 3.05) is 27.2 Å². The lowest BCUT2D eigenvalue weighted by atomic mass is 10.2. The maximum atomic E-state index is 12.9. The monoisotopic (exact) mass is 414 g/mol. The summed E-state index contributed by atoms with van der Waals surface area (Å²) in [4.78, 5) is 1.99. The Morgan fingerprint density at radius 1 is 1.33 bits per heavy atom. The summed E-state index contributed by atoms with van der Waals surface area (Å²) in [7, 11) is 0.177. The molecule has 1 aromatic carbocycles. The molecule has 21 heavy (non-hydrogen) atoms. The number of halogens is 3. The summed E-state index contributed by atoms with van der Waals surface area (Å²) < 4.78 is 28.0. The molecule has 1 fully saturated rings. The maximum absolute atomic E-state index is 12.9. The molecule has 0 saturated carbocycles. The van der Waals surface area contributed by atoms with Crippen molar-refractivity contribution in [1.29, 1.82) is 0 Å². The first-order chi connectivity index (χ1) is 9.73. The van der Waals surface area contributed by atoms with Crippen LogP contribution in [0, 0.1) is 0 Å². The molecule has 0 aliphatic carbocycles. The summed E-state index contributed by atoms with van der Waals surface area (Å²) >= 11 is 15.5. The minimum absolute atomic E-state index is 0.000288. The summed E-state index contributed by atoms with van der Waals surface area (Å²) in [5, 5.41) is 0.287. The second-order valence-electron chi connectivity index (χ2n) is 5.37. The molecule has 0 aromatic heterocycles. The Morgan fingerprint density at radius 2 is 1.90 bits per heavy atom. The number of hydrogen-bond acceptors (Lipinski definition) is 3. The molecule has 0 radical (unpaired) electrons. The smallest absolute Gasteiger partial charge is 0.246 e. The molecule has 1 atom stereocenters. The van der Waals surface area contributed by atoms with Gasteiger partial charge in [0.15, 0.2) is 0 Å². The summed E-state index contributed by atoms with van der Waals surface area (Å²) in [6.07, 6.45) is 1.70. The third-order valence-electron chi connectivity index (χ3n) is 3.43. The predicted molar refractivity (Wildman–Crippen MR) is 89.6 cm³/mol. The average molecular weight is 416 g/mol. The SMILES string of the molecule is CN(C)CC1CCCN1S(=O)(=O)c1c(Cl)cc(Br)cc1Cl. The van der Waals surface area contributed by atoms with Crippen LogP contribution in [0.2, 0.25) is 10.0 Å².